The predicted molar refractivity (Wildman–Crippen MR) is 119 cm³/mol. The van der Waals surface area contributed by atoms with Gasteiger partial charge >= 0.3 is 5.97 Å². The molecular formula is C25H28FO3S+. The Hall–Kier alpha value is -2.45. The fourth-order valence-corrected chi connectivity index (χ4v) is 5.89. The van der Waals surface area contributed by atoms with Crippen molar-refractivity contribution < 1.29 is 18.7 Å². The van der Waals surface area contributed by atoms with Crippen LogP contribution in [0.1, 0.15) is 43.4 Å². The van der Waals surface area contributed by atoms with Crippen LogP contribution in [0.2, 0.25) is 0 Å². The van der Waals surface area contributed by atoms with Crippen LogP contribution in [0.25, 0.3) is 0 Å². The van der Waals surface area contributed by atoms with E-state index in [2.05, 4.69) is 24.0 Å². The van der Waals surface area contributed by atoms with Gasteiger partial charge in [-0.3, -0.25) is 0 Å². The number of hydrogen-bond acceptors (Lipinski definition) is 3. The predicted octanol–water partition coefficient (Wildman–Crippen LogP) is 4.97. The molecule has 0 bridgehead atoms. The van der Waals surface area contributed by atoms with Crippen molar-refractivity contribution >= 4 is 16.9 Å². The van der Waals surface area contributed by atoms with Crippen LogP contribution in [0.5, 0.6) is 5.75 Å². The summed E-state index contributed by atoms with van der Waals surface area (Å²) in [6.07, 6.45) is 2.62. The van der Waals surface area contributed by atoms with E-state index < -0.39 is 11.6 Å². The Bertz CT molecular complexity index is 941. The lowest BCUT2D eigenvalue weighted by atomic mass is 10.1. The van der Waals surface area contributed by atoms with Crippen molar-refractivity contribution in [3.63, 3.8) is 0 Å². The van der Waals surface area contributed by atoms with Gasteiger partial charge in [-0.2, -0.15) is 0 Å². The third-order valence-corrected chi connectivity index (χ3v) is 7.32. The number of rotatable bonds is 5. The summed E-state index contributed by atoms with van der Waals surface area (Å²) in [5.74, 6) is 8.33. The average Bonchev–Trinajstić information content (AvgIpc) is 3.21. The van der Waals surface area contributed by atoms with Gasteiger partial charge in [0, 0.05) is 16.5 Å². The van der Waals surface area contributed by atoms with Crippen LogP contribution in [0, 0.1) is 31.5 Å². The van der Waals surface area contributed by atoms with Crippen LogP contribution in [-0.4, -0.2) is 29.7 Å². The maximum Gasteiger partial charge on any atom is 0.345 e. The van der Waals surface area contributed by atoms with Crippen molar-refractivity contribution in [2.45, 2.75) is 51.0 Å². The Morgan fingerprint density at radius 1 is 1.10 bits per heavy atom. The molecule has 0 N–H and O–H groups in total. The molecule has 0 saturated carbocycles. The number of aryl methyl sites for hydroxylation is 2. The van der Waals surface area contributed by atoms with Gasteiger partial charge in [0.15, 0.2) is 17.1 Å². The standard InChI is InChI=1S/C25H28FO3S/c1-18-15-22(30-13-5-6-14-30)16-19(2)24(18)28-17-23(27)29-25(3,4)12-11-20-7-9-21(26)10-8-20/h7-10,15-16H,5-6,13-14,17H2,1-4H3/q+1. The van der Waals surface area contributed by atoms with Crippen molar-refractivity contribution in [2.75, 3.05) is 18.1 Å². The second-order valence-corrected chi connectivity index (χ2v) is 10.3. The van der Waals surface area contributed by atoms with Crippen LogP contribution in [0.3, 0.4) is 0 Å². The lowest BCUT2D eigenvalue weighted by Crippen LogP contribution is -2.29. The van der Waals surface area contributed by atoms with Gasteiger partial charge in [-0.05, 0) is 88.1 Å². The largest absolute Gasteiger partial charge is 0.481 e. The average molecular weight is 428 g/mol. The lowest BCUT2D eigenvalue weighted by Gasteiger charge is -2.19. The van der Waals surface area contributed by atoms with Crippen LogP contribution < -0.4 is 4.74 Å². The van der Waals surface area contributed by atoms with Crippen molar-refractivity contribution in [3.8, 4) is 17.6 Å². The minimum absolute atomic E-state index is 0.172. The van der Waals surface area contributed by atoms with Gasteiger partial charge in [0.25, 0.3) is 0 Å². The zero-order valence-electron chi connectivity index (χ0n) is 18.0. The summed E-state index contributed by atoms with van der Waals surface area (Å²) in [7, 11) is 0.352. The highest BCUT2D eigenvalue weighted by molar-refractivity contribution is 7.97. The molecule has 3 nitrogen and oxygen atoms in total. The van der Waals surface area contributed by atoms with E-state index >= 15 is 0 Å². The number of ether oxygens (including phenoxy) is 2. The monoisotopic (exact) mass is 427 g/mol. The second kappa shape index (κ2) is 9.57. The molecule has 30 heavy (non-hydrogen) atoms. The number of carbonyl (C=O) groups excluding carboxylic acids is 1. The Kier molecular flexibility index (Phi) is 7.10. The summed E-state index contributed by atoms with van der Waals surface area (Å²) in [5, 5.41) is 0. The molecule has 0 aliphatic carbocycles. The molecule has 0 spiro atoms. The smallest absolute Gasteiger partial charge is 0.345 e. The van der Waals surface area contributed by atoms with E-state index in [1.807, 2.05) is 13.8 Å². The molecule has 0 radical (unpaired) electrons. The van der Waals surface area contributed by atoms with Crippen LogP contribution >= 0.6 is 0 Å². The van der Waals surface area contributed by atoms with Gasteiger partial charge in [0.2, 0.25) is 0 Å². The van der Waals surface area contributed by atoms with E-state index in [1.165, 1.54) is 41.4 Å². The Labute approximate surface area is 181 Å². The first-order valence-electron chi connectivity index (χ1n) is 10.2. The van der Waals surface area contributed by atoms with E-state index in [-0.39, 0.29) is 12.4 Å². The molecule has 1 aliphatic rings. The number of hydrogen-bond donors (Lipinski definition) is 0. The summed E-state index contributed by atoms with van der Waals surface area (Å²) in [4.78, 5) is 13.7. The second-order valence-electron chi connectivity index (χ2n) is 8.02. The third-order valence-electron chi connectivity index (χ3n) is 4.85. The maximum absolute atomic E-state index is 13.0. The van der Waals surface area contributed by atoms with E-state index in [0.717, 1.165) is 16.9 Å². The Morgan fingerprint density at radius 3 is 2.30 bits per heavy atom. The number of benzene rings is 2. The topological polar surface area (TPSA) is 35.5 Å². The number of carbonyl (C=O) groups is 1. The van der Waals surface area contributed by atoms with Gasteiger partial charge in [-0.15, -0.1) is 0 Å². The van der Waals surface area contributed by atoms with Crippen molar-refractivity contribution in [1.82, 2.24) is 0 Å². The minimum Gasteiger partial charge on any atom is -0.481 e. The quantitative estimate of drug-likeness (QED) is 0.384. The summed E-state index contributed by atoms with van der Waals surface area (Å²) in [6.45, 7) is 7.31. The highest BCUT2D eigenvalue weighted by Crippen LogP contribution is 2.31. The number of halogens is 1. The molecule has 3 rings (SSSR count). The molecule has 1 fully saturated rings. The summed E-state index contributed by atoms with van der Waals surface area (Å²) >= 11 is 0. The van der Waals surface area contributed by atoms with Gasteiger partial charge in [-0.25, -0.2) is 9.18 Å². The van der Waals surface area contributed by atoms with Crippen LogP contribution in [0.4, 0.5) is 4.39 Å². The van der Waals surface area contributed by atoms with Gasteiger partial charge < -0.3 is 9.47 Å². The van der Waals surface area contributed by atoms with Crippen molar-refractivity contribution in [2.24, 2.45) is 0 Å². The highest BCUT2D eigenvalue weighted by Gasteiger charge is 2.28. The molecule has 0 atom stereocenters. The van der Waals surface area contributed by atoms with E-state index in [1.54, 1.807) is 26.0 Å². The van der Waals surface area contributed by atoms with Gasteiger partial charge in [0.1, 0.15) is 23.1 Å². The fourth-order valence-electron chi connectivity index (χ4n) is 3.42. The first-order valence-corrected chi connectivity index (χ1v) is 11.7. The maximum atomic E-state index is 13.0. The van der Waals surface area contributed by atoms with Gasteiger partial charge in [-0.1, -0.05) is 11.8 Å². The summed E-state index contributed by atoms with van der Waals surface area (Å²) in [5.41, 5.74) is 1.78. The van der Waals surface area contributed by atoms with Crippen molar-refractivity contribution in [1.29, 1.82) is 0 Å². The van der Waals surface area contributed by atoms with Gasteiger partial charge in [0.05, 0.1) is 0 Å². The molecule has 1 aliphatic heterocycles. The zero-order valence-corrected chi connectivity index (χ0v) is 18.8. The normalized spacial score (nSPS) is 14.2. The Morgan fingerprint density at radius 2 is 1.70 bits per heavy atom. The molecule has 1 saturated heterocycles. The van der Waals surface area contributed by atoms with E-state index in [0.29, 0.717) is 16.5 Å². The highest BCUT2D eigenvalue weighted by atomic mass is 32.2. The first kappa shape index (κ1) is 22.2. The molecule has 2 aromatic carbocycles. The minimum atomic E-state index is -0.980. The van der Waals surface area contributed by atoms with Crippen LogP contribution in [-0.2, 0) is 20.4 Å². The number of esters is 1. The molecule has 0 amide bonds. The third kappa shape index (κ3) is 6.03. The molecule has 0 unspecified atom stereocenters. The molecule has 158 valence electrons. The molecular weight excluding hydrogens is 399 g/mol. The summed E-state index contributed by atoms with van der Waals surface area (Å²) < 4.78 is 24.3. The van der Waals surface area contributed by atoms with Crippen LogP contribution in [0.15, 0.2) is 41.3 Å². The SMILES string of the molecule is Cc1cc([S+]2CCCC2)cc(C)c1OCC(=O)OC(C)(C)C#Cc1ccc(F)cc1. The summed E-state index contributed by atoms with van der Waals surface area (Å²) in [6, 6.07) is 10.3. The van der Waals surface area contributed by atoms with E-state index in [9.17, 15) is 9.18 Å². The van der Waals surface area contributed by atoms with Crippen molar-refractivity contribution in [3.05, 3.63) is 58.9 Å². The fraction of sp³-hybridized carbons (Fsp3) is 0.400. The lowest BCUT2D eigenvalue weighted by molar-refractivity contribution is -0.154. The zero-order chi connectivity index (χ0) is 21.7. The molecule has 1 heterocycles. The molecule has 0 aromatic heterocycles. The molecule has 5 heteroatoms. The Balaban J connectivity index is 1.59. The molecule has 2 aromatic rings. The first-order chi connectivity index (χ1) is 14.2. The van der Waals surface area contributed by atoms with E-state index in [4.69, 9.17) is 9.47 Å².